The predicted octanol–water partition coefficient (Wildman–Crippen LogP) is 4.69. The lowest BCUT2D eigenvalue weighted by atomic mass is 10.1. The summed E-state index contributed by atoms with van der Waals surface area (Å²) in [5, 5.41) is 0. The molecule has 4 rings (SSSR count). The molecule has 0 spiro atoms. The van der Waals surface area contributed by atoms with Gasteiger partial charge in [0.2, 0.25) is 0 Å². The Morgan fingerprint density at radius 2 is 1.69 bits per heavy atom. The minimum absolute atomic E-state index is 0.760. The summed E-state index contributed by atoms with van der Waals surface area (Å²) in [6.07, 6.45) is 4.35. The zero-order chi connectivity index (χ0) is 22.3. The molecule has 1 fully saturated rings. The SMILES string of the molecule is Cc1cccc(OCCCCn2c(CCCN3CCN(C)CC3)nc3ccccc32)c1C. The Morgan fingerprint density at radius 1 is 0.875 bits per heavy atom. The van der Waals surface area contributed by atoms with Crippen LogP contribution in [0.25, 0.3) is 11.0 Å². The standard InChI is InChI=1S/C27H38N4O/c1-22-10-8-13-26(23(22)2)32-21-7-6-16-31-25-12-5-4-11-24(25)28-27(31)14-9-15-30-19-17-29(3)18-20-30/h4-5,8,10-13H,6-7,9,14-21H2,1-3H3. The molecule has 0 aliphatic carbocycles. The van der Waals surface area contributed by atoms with Crippen LogP contribution in [0.3, 0.4) is 0 Å². The van der Waals surface area contributed by atoms with Crippen molar-refractivity contribution in [3.05, 3.63) is 59.4 Å². The van der Waals surface area contributed by atoms with Crippen molar-refractivity contribution in [2.75, 3.05) is 46.4 Å². The van der Waals surface area contributed by atoms with Gasteiger partial charge in [0.25, 0.3) is 0 Å². The number of piperazine rings is 1. The van der Waals surface area contributed by atoms with E-state index in [1.807, 2.05) is 0 Å². The van der Waals surface area contributed by atoms with Gasteiger partial charge in [-0.05, 0) is 76.0 Å². The topological polar surface area (TPSA) is 33.5 Å². The molecule has 2 heterocycles. The third-order valence-corrected chi connectivity index (χ3v) is 6.79. The molecule has 0 amide bonds. The second kappa shape index (κ2) is 11.0. The number of rotatable bonds is 10. The van der Waals surface area contributed by atoms with Gasteiger partial charge in [0, 0.05) is 39.1 Å². The molecule has 2 aromatic carbocycles. The number of hydrogen-bond donors (Lipinski definition) is 0. The van der Waals surface area contributed by atoms with E-state index in [1.165, 1.54) is 61.6 Å². The lowest BCUT2D eigenvalue weighted by Crippen LogP contribution is -2.44. The van der Waals surface area contributed by atoms with E-state index in [0.717, 1.165) is 43.7 Å². The van der Waals surface area contributed by atoms with Gasteiger partial charge in [-0.1, -0.05) is 24.3 Å². The summed E-state index contributed by atoms with van der Waals surface area (Å²) in [6, 6.07) is 14.8. The number of para-hydroxylation sites is 2. The summed E-state index contributed by atoms with van der Waals surface area (Å²) >= 11 is 0. The fourth-order valence-electron chi connectivity index (χ4n) is 4.53. The molecule has 172 valence electrons. The predicted molar refractivity (Wildman–Crippen MR) is 133 cm³/mol. The summed E-state index contributed by atoms with van der Waals surface area (Å²) in [4.78, 5) is 9.99. The Morgan fingerprint density at radius 3 is 2.53 bits per heavy atom. The number of hydrogen-bond acceptors (Lipinski definition) is 4. The zero-order valence-electron chi connectivity index (χ0n) is 20.0. The molecule has 1 aliphatic rings. The van der Waals surface area contributed by atoms with E-state index < -0.39 is 0 Å². The van der Waals surface area contributed by atoms with Crippen LogP contribution in [0.15, 0.2) is 42.5 Å². The molecule has 5 heteroatoms. The van der Waals surface area contributed by atoms with Crippen LogP contribution >= 0.6 is 0 Å². The Kier molecular flexibility index (Phi) is 7.82. The first-order chi connectivity index (χ1) is 15.6. The van der Waals surface area contributed by atoms with Gasteiger partial charge in [0.05, 0.1) is 17.6 Å². The van der Waals surface area contributed by atoms with Crippen molar-refractivity contribution >= 4 is 11.0 Å². The Bertz CT molecular complexity index is 1000. The number of unbranched alkanes of at least 4 members (excludes halogenated alkanes) is 1. The third kappa shape index (κ3) is 5.70. The van der Waals surface area contributed by atoms with Gasteiger partial charge in [-0.25, -0.2) is 4.98 Å². The summed E-state index contributed by atoms with van der Waals surface area (Å²) in [5.41, 5.74) is 4.91. The van der Waals surface area contributed by atoms with Gasteiger partial charge in [-0.2, -0.15) is 0 Å². The third-order valence-electron chi connectivity index (χ3n) is 6.79. The van der Waals surface area contributed by atoms with Crippen LogP contribution < -0.4 is 4.74 Å². The highest BCUT2D eigenvalue weighted by atomic mass is 16.5. The van der Waals surface area contributed by atoms with Crippen molar-refractivity contribution in [2.24, 2.45) is 0 Å². The van der Waals surface area contributed by atoms with Gasteiger partial charge in [-0.15, -0.1) is 0 Å². The lowest BCUT2D eigenvalue weighted by molar-refractivity contribution is 0.152. The van der Waals surface area contributed by atoms with Crippen LogP contribution in [0, 0.1) is 13.8 Å². The Balaban J connectivity index is 1.30. The molecule has 32 heavy (non-hydrogen) atoms. The van der Waals surface area contributed by atoms with Crippen molar-refractivity contribution in [1.82, 2.24) is 19.4 Å². The molecule has 1 aromatic heterocycles. The van der Waals surface area contributed by atoms with Crippen LogP contribution in [0.1, 0.15) is 36.2 Å². The number of aryl methyl sites for hydroxylation is 3. The highest BCUT2D eigenvalue weighted by Gasteiger charge is 2.15. The molecule has 3 aromatic rings. The molecule has 0 atom stereocenters. The molecule has 1 aliphatic heterocycles. The normalized spacial score (nSPS) is 15.5. The van der Waals surface area contributed by atoms with Crippen LogP contribution in [-0.2, 0) is 13.0 Å². The van der Waals surface area contributed by atoms with E-state index in [0.29, 0.717) is 0 Å². The number of imidazole rings is 1. The minimum Gasteiger partial charge on any atom is -0.493 e. The summed E-state index contributed by atoms with van der Waals surface area (Å²) < 4.78 is 8.50. The average Bonchev–Trinajstić information content (AvgIpc) is 3.15. The largest absolute Gasteiger partial charge is 0.493 e. The zero-order valence-corrected chi connectivity index (χ0v) is 20.0. The summed E-state index contributed by atoms with van der Waals surface area (Å²) in [5.74, 6) is 2.25. The number of nitrogens with zero attached hydrogens (tertiary/aromatic N) is 4. The van der Waals surface area contributed by atoms with Crippen molar-refractivity contribution in [2.45, 2.75) is 46.1 Å². The van der Waals surface area contributed by atoms with Gasteiger partial charge < -0.3 is 19.1 Å². The summed E-state index contributed by atoms with van der Waals surface area (Å²) in [7, 11) is 2.22. The number of ether oxygens (including phenoxy) is 1. The first kappa shape index (κ1) is 22.8. The Labute approximate surface area is 193 Å². The quantitative estimate of drug-likeness (QED) is 0.434. The van der Waals surface area contributed by atoms with Crippen LogP contribution in [0.5, 0.6) is 5.75 Å². The first-order valence-corrected chi connectivity index (χ1v) is 12.2. The maximum atomic E-state index is 6.06. The molecule has 0 bridgehead atoms. The second-order valence-electron chi connectivity index (χ2n) is 9.17. The molecular weight excluding hydrogens is 396 g/mol. The van der Waals surface area contributed by atoms with Crippen molar-refractivity contribution in [1.29, 1.82) is 0 Å². The van der Waals surface area contributed by atoms with E-state index in [9.17, 15) is 0 Å². The smallest absolute Gasteiger partial charge is 0.122 e. The van der Waals surface area contributed by atoms with Crippen molar-refractivity contribution in [3.8, 4) is 5.75 Å². The maximum Gasteiger partial charge on any atom is 0.122 e. The maximum absolute atomic E-state index is 6.06. The number of likely N-dealkylation sites (N-methyl/N-ethyl adjacent to an activating group) is 1. The highest BCUT2D eigenvalue weighted by molar-refractivity contribution is 5.75. The lowest BCUT2D eigenvalue weighted by Gasteiger charge is -2.32. The van der Waals surface area contributed by atoms with Gasteiger partial charge in [-0.3, -0.25) is 0 Å². The molecule has 0 N–H and O–H groups in total. The van der Waals surface area contributed by atoms with Gasteiger partial charge >= 0.3 is 0 Å². The van der Waals surface area contributed by atoms with E-state index in [-0.39, 0.29) is 0 Å². The Hall–Kier alpha value is -2.37. The monoisotopic (exact) mass is 434 g/mol. The van der Waals surface area contributed by atoms with Crippen LogP contribution in [0.4, 0.5) is 0 Å². The fourth-order valence-corrected chi connectivity index (χ4v) is 4.53. The number of benzene rings is 2. The van der Waals surface area contributed by atoms with Gasteiger partial charge in [0.15, 0.2) is 0 Å². The molecule has 0 saturated carbocycles. The molecule has 1 saturated heterocycles. The van der Waals surface area contributed by atoms with E-state index in [2.05, 4.69) is 77.7 Å². The van der Waals surface area contributed by atoms with E-state index in [1.54, 1.807) is 0 Å². The number of fused-ring (bicyclic) bond motifs is 1. The molecular formula is C27H38N4O. The second-order valence-corrected chi connectivity index (χ2v) is 9.17. The minimum atomic E-state index is 0.760. The van der Waals surface area contributed by atoms with Crippen molar-refractivity contribution in [3.63, 3.8) is 0 Å². The summed E-state index contributed by atoms with van der Waals surface area (Å²) in [6.45, 7) is 11.9. The first-order valence-electron chi connectivity index (χ1n) is 12.2. The van der Waals surface area contributed by atoms with Crippen molar-refractivity contribution < 1.29 is 4.74 Å². The fraction of sp³-hybridized carbons (Fsp3) is 0.519. The average molecular weight is 435 g/mol. The van der Waals surface area contributed by atoms with E-state index >= 15 is 0 Å². The van der Waals surface area contributed by atoms with Crippen LogP contribution in [0.2, 0.25) is 0 Å². The van der Waals surface area contributed by atoms with Crippen LogP contribution in [-0.4, -0.2) is 65.7 Å². The molecule has 0 unspecified atom stereocenters. The molecule has 5 nitrogen and oxygen atoms in total. The highest BCUT2D eigenvalue weighted by Crippen LogP contribution is 2.21. The van der Waals surface area contributed by atoms with E-state index in [4.69, 9.17) is 9.72 Å². The molecule has 0 radical (unpaired) electrons. The number of aromatic nitrogens is 2. The van der Waals surface area contributed by atoms with Gasteiger partial charge in [0.1, 0.15) is 11.6 Å².